The topological polar surface area (TPSA) is 66.5 Å². The van der Waals surface area contributed by atoms with Crippen molar-refractivity contribution in [1.29, 1.82) is 0 Å². The first-order valence-corrected chi connectivity index (χ1v) is 12.3. The van der Waals surface area contributed by atoms with E-state index in [2.05, 4.69) is 5.32 Å². The zero-order chi connectivity index (χ0) is 23.1. The molecule has 0 aliphatic carbocycles. The van der Waals surface area contributed by atoms with Crippen LogP contribution < -0.4 is 9.62 Å². The SMILES string of the molecule is Cc1ccc(N(CC(=O)N[C@@H](C)CCc2ccccc2)S(=O)(=O)c2ccccc2)cc1Cl. The van der Waals surface area contributed by atoms with Gasteiger partial charge >= 0.3 is 0 Å². The second kappa shape index (κ2) is 10.7. The maximum Gasteiger partial charge on any atom is 0.264 e. The van der Waals surface area contributed by atoms with Gasteiger partial charge in [0.1, 0.15) is 6.54 Å². The Morgan fingerprint density at radius 3 is 2.25 bits per heavy atom. The lowest BCUT2D eigenvalue weighted by molar-refractivity contribution is -0.120. The molecule has 0 bridgehead atoms. The summed E-state index contributed by atoms with van der Waals surface area (Å²) < 4.78 is 27.8. The second-order valence-electron chi connectivity index (χ2n) is 7.75. The van der Waals surface area contributed by atoms with Gasteiger partial charge in [0, 0.05) is 11.1 Å². The highest BCUT2D eigenvalue weighted by Crippen LogP contribution is 2.28. The largest absolute Gasteiger partial charge is 0.352 e. The number of carbonyl (C=O) groups is 1. The minimum absolute atomic E-state index is 0.106. The number of hydrogen-bond donors (Lipinski definition) is 1. The van der Waals surface area contributed by atoms with Crippen LogP contribution in [0.15, 0.2) is 83.8 Å². The lowest BCUT2D eigenvalue weighted by Crippen LogP contribution is -2.43. The molecule has 1 amide bonds. The van der Waals surface area contributed by atoms with Gasteiger partial charge in [0.25, 0.3) is 10.0 Å². The Hall–Kier alpha value is -2.83. The summed E-state index contributed by atoms with van der Waals surface area (Å²) in [5.74, 6) is -0.373. The highest BCUT2D eigenvalue weighted by atomic mass is 35.5. The fourth-order valence-electron chi connectivity index (χ4n) is 3.32. The van der Waals surface area contributed by atoms with Crippen LogP contribution in [0.3, 0.4) is 0 Å². The standard InChI is InChI=1S/C25H27ClN2O3S/c1-19-13-16-22(17-24(19)26)28(32(30,31)23-11-7-4-8-12-23)18-25(29)27-20(2)14-15-21-9-5-3-6-10-21/h3-13,16-17,20H,14-15,18H2,1-2H3,(H,27,29)/t20-/m0/s1. The number of aryl methyl sites for hydroxylation is 2. The normalized spacial score (nSPS) is 12.2. The van der Waals surface area contributed by atoms with Crippen molar-refractivity contribution in [3.63, 3.8) is 0 Å². The van der Waals surface area contributed by atoms with E-state index < -0.39 is 10.0 Å². The van der Waals surface area contributed by atoms with Gasteiger partial charge in [-0.2, -0.15) is 0 Å². The minimum Gasteiger partial charge on any atom is -0.352 e. The van der Waals surface area contributed by atoms with Crippen LogP contribution in [0, 0.1) is 6.92 Å². The summed E-state index contributed by atoms with van der Waals surface area (Å²) in [7, 11) is -3.96. The molecule has 3 aromatic carbocycles. The molecule has 1 N–H and O–H groups in total. The Labute approximate surface area is 195 Å². The molecular weight excluding hydrogens is 444 g/mol. The smallest absolute Gasteiger partial charge is 0.264 e. The van der Waals surface area contributed by atoms with Gasteiger partial charge in [0.15, 0.2) is 0 Å². The number of halogens is 1. The van der Waals surface area contributed by atoms with Crippen LogP contribution >= 0.6 is 11.6 Å². The first kappa shape index (κ1) is 23.8. The van der Waals surface area contributed by atoms with E-state index in [-0.39, 0.29) is 23.4 Å². The third-order valence-electron chi connectivity index (χ3n) is 5.18. The molecule has 0 aliphatic rings. The number of sulfonamides is 1. The van der Waals surface area contributed by atoms with Crippen LogP contribution in [-0.4, -0.2) is 26.9 Å². The van der Waals surface area contributed by atoms with E-state index in [0.717, 1.165) is 22.7 Å². The molecule has 3 aromatic rings. The highest BCUT2D eigenvalue weighted by molar-refractivity contribution is 7.92. The van der Waals surface area contributed by atoms with Gasteiger partial charge in [0.05, 0.1) is 10.6 Å². The maximum absolute atomic E-state index is 13.4. The number of nitrogens with zero attached hydrogens (tertiary/aromatic N) is 1. The molecule has 7 heteroatoms. The van der Waals surface area contributed by atoms with Gasteiger partial charge in [-0.25, -0.2) is 8.42 Å². The Morgan fingerprint density at radius 2 is 1.62 bits per heavy atom. The van der Waals surface area contributed by atoms with Crippen molar-refractivity contribution < 1.29 is 13.2 Å². The lowest BCUT2D eigenvalue weighted by atomic mass is 10.1. The number of rotatable bonds is 9. The summed E-state index contributed by atoms with van der Waals surface area (Å²) >= 11 is 6.25. The van der Waals surface area contributed by atoms with E-state index in [0.29, 0.717) is 10.7 Å². The van der Waals surface area contributed by atoms with E-state index in [4.69, 9.17) is 11.6 Å². The molecule has 0 radical (unpaired) electrons. The van der Waals surface area contributed by atoms with Crippen LogP contribution in [-0.2, 0) is 21.2 Å². The van der Waals surface area contributed by atoms with Gasteiger partial charge in [-0.3, -0.25) is 9.10 Å². The molecule has 32 heavy (non-hydrogen) atoms. The number of anilines is 1. The molecular formula is C25H27ClN2O3S. The first-order chi connectivity index (χ1) is 15.3. The average molecular weight is 471 g/mol. The minimum atomic E-state index is -3.96. The van der Waals surface area contributed by atoms with Crippen molar-refractivity contribution in [2.75, 3.05) is 10.8 Å². The molecule has 0 aromatic heterocycles. The van der Waals surface area contributed by atoms with E-state index in [1.165, 1.54) is 17.7 Å². The Kier molecular flexibility index (Phi) is 7.94. The van der Waals surface area contributed by atoms with E-state index in [1.807, 2.05) is 44.2 Å². The summed E-state index contributed by atoms with van der Waals surface area (Å²) in [5, 5.41) is 3.36. The molecule has 0 unspecified atom stereocenters. The van der Waals surface area contributed by atoms with Crippen LogP contribution in [0.2, 0.25) is 5.02 Å². The van der Waals surface area contributed by atoms with Gasteiger partial charge in [-0.15, -0.1) is 0 Å². The quantitative estimate of drug-likeness (QED) is 0.479. The summed E-state index contributed by atoms with van der Waals surface area (Å²) in [6, 6.07) is 23.0. The molecule has 1 atom stereocenters. The molecule has 0 saturated heterocycles. The predicted molar refractivity (Wildman–Crippen MR) is 130 cm³/mol. The zero-order valence-corrected chi connectivity index (χ0v) is 19.7. The Bertz CT molecular complexity index is 1150. The summed E-state index contributed by atoms with van der Waals surface area (Å²) in [6.45, 7) is 3.41. The van der Waals surface area contributed by atoms with E-state index >= 15 is 0 Å². The summed E-state index contributed by atoms with van der Waals surface area (Å²) in [5.41, 5.74) is 2.36. The van der Waals surface area contributed by atoms with Crippen molar-refractivity contribution >= 4 is 33.2 Å². The van der Waals surface area contributed by atoms with Gasteiger partial charge in [-0.1, -0.05) is 66.2 Å². The molecule has 0 aliphatic heterocycles. The van der Waals surface area contributed by atoms with Gasteiger partial charge in [0.2, 0.25) is 5.91 Å². The molecule has 3 rings (SSSR count). The van der Waals surface area contributed by atoms with Crippen LogP contribution in [0.4, 0.5) is 5.69 Å². The van der Waals surface area contributed by atoms with Crippen LogP contribution in [0.1, 0.15) is 24.5 Å². The predicted octanol–water partition coefficient (Wildman–Crippen LogP) is 4.98. The molecule has 0 spiro atoms. The van der Waals surface area contributed by atoms with Crippen molar-refractivity contribution in [3.05, 3.63) is 95.0 Å². The Morgan fingerprint density at radius 1 is 1.00 bits per heavy atom. The van der Waals surface area contributed by atoms with Crippen molar-refractivity contribution in [2.45, 2.75) is 37.6 Å². The first-order valence-electron chi connectivity index (χ1n) is 10.4. The number of carbonyl (C=O) groups excluding carboxylic acids is 1. The third kappa shape index (κ3) is 6.11. The molecule has 5 nitrogen and oxygen atoms in total. The number of benzene rings is 3. The number of hydrogen-bond acceptors (Lipinski definition) is 3. The second-order valence-corrected chi connectivity index (χ2v) is 10.0. The fourth-order valence-corrected chi connectivity index (χ4v) is 4.93. The zero-order valence-electron chi connectivity index (χ0n) is 18.2. The third-order valence-corrected chi connectivity index (χ3v) is 7.37. The lowest BCUT2D eigenvalue weighted by Gasteiger charge is -2.25. The van der Waals surface area contributed by atoms with Gasteiger partial charge in [-0.05, 0) is 62.1 Å². The number of nitrogens with one attached hydrogen (secondary N) is 1. The highest BCUT2D eigenvalue weighted by Gasteiger charge is 2.27. The molecule has 0 saturated carbocycles. The van der Waals surface area contributed by atoms with Crippen LogP contribution in [0.25, 0.3) is 0 Å². The molecule has 0 heterocycles. The average Bonchev–Trinajstić information content (AvgIpc) is 2.79. The van der Waals surface area contributed by atoms with Crippen molar-refractivity contribution in [2.24, 2.45) is 0 Å². The molecule has 0 fully saturated rings. The monoisotopic (exact) mass is 470 g/mol. The fraction of sp³-hybridized carbons (Fsp3) is 0.240. The van der Waals surface area contributed by atoms with E-state index in [9.17, 15) is 13.2 Å². The summed E-state index contributed by atoms with van der Waals surface area (Å²) in [4.78, 5) is 12.9. The van der Waals surface area contributed by atoms with Gasteiger partial charge < -0.3 is 5.32 Å². The number of amides is 1. The summed E-state index contributed by atoms with van der Waals surface area (Å²) in [6.07, 6.45) is 1.57. The van der Waals surface area contributed by atoms with Crippen LogP contribution in [0.5, 0.6) is 0 Å². The molecule has 168 valence electrons. The Balaban J connectivity index is 1.77. The maximum atomic E-state index is 13.4. The van der Waals surface area contributed by atoms with Crippen molar-refractivity contribution in [1.82, 2.24) is 5.32 Å². The van der Waals surface area contributed by atoms with Crippen molar-refractivity contribution in [3.8, 4) is 0 Å². The van der Waals surface area contributed by atoms with E-state index in [1.54, 1.807) is 36.4 Å².